The lowest BCUT2D eigenvalue weighted by molar-refractivity contribution is 0.146. The molecule has 3 N–H and O–H groups in total. The van der Waals surface area contributed by atoms with Crippen LogP contribution in [0, 0.1) is 0 Å². The van der Waals surface area contributed by atoms with Crippen molar-refractivity contribution >= 4 is 16.9 Å². The van der Waals surface area contributed by atoms with E-state index in [0.717, 1.165) is 80.5 Å². The molecule has 0 spiro atoms. The number of hydrogen-bond acceptors (Lipinski definition) is 4. The van der Waals surface area contributed by atoms with Crippen LogP contribution in [-0.2, 0) is 17.6 Å². The van der Waals surface area contributed by atoms with E-state index < -0.39 is 0 Å². The van der Waals surface area contributed by atoms with E-state index in [2.05, 4.69) is 32.9 Å². The quantitative estimate of drug-likeness (QED) is 0.241. The minimum Gasteiger partial charge on any atom is -0.496 e. The lowest BCUT2D eigenvalue weighted by Gasteiger charge is -2.12. The zero-order chi connectivity index (χ0) is 21.0. The van der Waals surface area contributed by atoms with Gasteiger partial charge >= 0.3 is 0 Å². The molecule has 0 unspecified atom stereocenters. The molecule has 162 valence electrons. The lowest BCUT2D eigenvalue weighted by atomic mass is 10.1. The van der Waals surface area contributed by atoms with Gasteiger partial charge < -0.3 is 29.5 Å². The van der Waals surface area contributed by atoms with E-state index in [-0.39, 0.29) is 0 Å². The van der Waals surface area contributed by atoms with Crippen molar-refractivity contribution in [3.05, 3.63) is 54.1 Å². The summed E-state index contributed by atoms with van der Waals surface area (Å²) in [5.74, 6) is 2.67. The number of methoxy groups -OCH3 is 1. The van der Waals surface area contributed by atoms with Crippen LogP contribution in [0.2, 0.25) is 0 Å². The highest BCUT2D eigenvalue weighted by molar-refractivity contribution is 5.89. The summed E-state index contributed by atoms with van der Waals surface area (Å²) in [6.45, 7) is 5.72. The number of aliphatic imine (C=N–C) groups is 1. The molecule has 0 aliphatic heterocycles. The highest BCUT2D eigenvalue weighted by atomic mass is 16.5. The standard InChI is InChI=1S/C23H32N4O3/c1-3-29-15-6-12-24-23(26-14-11-19-7-5-16-30-19)25-13-10-18-17-27-20-8-4-9-21(28-2)22(18)20/h4-5,7-9,16-17,27H,3,6,10-15H2,1-2H3,(H2,24,25,26). The topological polar surface area (TPSA) is 83.8 Å². The molecule has 0 radical (unpaired) electrons. The number of hydrogen-bond donors (Lipinski definition) is 3. The van der Waals surface area contributed by atoms with Crippen molar-refractivity contribution in [3.8, 4) is 5.75 Å². The molecule has 2 aromatic heterocycles. The van der Waals surface area contributed by atoms with Crippen molar-refractivity contribution in [1.82, 2.24) is 15.6 Å². The fourth-order valence-electron chi connectivity index (χ4n) is 3.34. The van der Waals surface area contributed by atoms with Crippen LogP contribution in [0.1, 0.15) is 24.7 Å². The summed E-state index contributed by atoms with van der Waals surface area (Å²) in [7, 11) is 1.71. The number of benzene rings is 1. The molecule has 3 rings (SSSR count). The van der Waals surface area contributed by atoms with Crippen molar-refractivity contribution in [2.45, 2.75) is 26.2 Å². The first-order valence-corrected chi connectivity index (χ1v) is 10.6. The number of H-pyrrole nitrogens is 1. The molecule has 2 heterocycles. The van der Waals surface area contributed by atoms with E-state index in [1.807, 2.05) is 31.2 Å². The van der Waals surface area contributed by atoms with Crippen LogP contribution in [-0.4, -0.2) is 50.9 Å². The van der Waals surface area contributed by atoms with Gasteiger partial charge in [-0.1, -0.05) is 6.07 Å². The van der Waals surface area contributed by atoms with E-state index in [9.17, 15) is 0 Å². The van der Waals surface area contributed by atoms with Crippen molar-refractivity contribution in [1.29, 1.82) is 0 Å². The van der Waals surface area contributed by atoms with Gasteiger partial charge in [-0.25, -0.2) is 0 Å². The maximum Gasteiger partial charge on any atom is 0.191 e. The van der Waals surface area contributed by atoms with Gasteiger partial charge in [0.2, 0.25) is 0 Å². The Bertz CT molecular complexity index is 902. The van der Waals surface area contributed by atoms with E-state index in [1.165, 1.54) is 5.56 Å². The summed E-state index contributed by atoms with van der Waals surface area (Å²) in [5, 5.41) is 7.98. The number of nitrogens with one attached hydrogen (secondary N) is 3. The van der Waals surface area contributed by atoms with Crippen molar-refractivity contribution in [2.75, 3.05) is 40.0 Å². The predicted octanol–water partition coefficient (Wildman–Crippen LogP) is 3.52. The third kappa shape index (κ3) is 6.29. The van der Waals surface area contributed by atoms with Gasteiger partial charge in [-0.05, 0) is 49.6 Å². The molecule has 0 bridgehead atoms. The van der Waals surface area contributed by atoms with Crippen LogP contribution in [0.25, 0.3) is 10.9 Å². The second-order valence-corrected chi connectivity index (χ2v) is 6.91. The summed E-state index contributed by atoms with van der Waals surface area (Å²) in [5.41, 5.74) is 2.31. The molecular weight excluding hydrogens is 380 g/mol. The second-order valence-electron chi connectivity index (χ2n) is 6.91. The number of nitrogens with zero attached hydrogens (tertiary/aromatic N) is 1. The smallest absolute Gasteiger partial charge is 0.191 e. The van der Waals surface area contributed by atoms with Gasteiger partial charge in [0.25, 0.3) is 0 Å². The summed E-state index contributed by atoms with van der Waals surface area (Å²) < 4.78 is 16.3. The number of furan rings is 1. The zero-order valence-electron chi connectivity index (χ0n) is 17.9. The van der Waals surface area contributed by atoms with Gasteiger partial charge in [0.1, 0.15) is 11.5 Å². The Kier molecular flexibility index (Phi) is 8.65. The number of fused-ring (bicyclic) bond motifs is 1. The fraction of sp³-hybridized carbons (Fsp3) is 0.435. The van der Waals surface area contributed by atoms with Crippen molar-refractivity contribution in [2.24, 2.45) is 4.99 Å². The Morgan fingerprint density at radius 1 is 1.13 bits per heavy atom. The molecule has 1 aromatic carbocycles. The van der Waals surface area contributed by atoms with E-state index in [4.69, 9.17) is 13.9 Å². The van der Waals surface area contributed by atoms with E-state index >= 15 is 0 Å². The SMILES string of the molecule is CCOCCCN=C(NCCc1ccco1)NCCc1c[nH]c2cccc(OC)c12. The average molecular weight is 413 g/mol. The highest BCUT2D eigenvalue weighted by Gasteiger charge is 2.09. The maximum atomic E-state index is 5.53. The number of aromatic nitrogens is 1. The van der Waals surface area contributed by atoms with Gasteiger partial charge in [0.05, 0.1) is 13.4 Å². The van der Waals surface area contributed by atoms with Gasteiger partial charge in [0.15, 0.2) is 5.96 Å². The van der Waals surface area contributed by atoms with Crippen LogP contribution in [0.4, 0.5) is 0 Å². The Morgan fingerprint density at radius 3 is 2.77 bits per heavy atom. The Hall–Kier alpha value is -2.93. The van der Waals surface area contributed by atoms with Crippen LogP contribution >= 0.6 is 0 Å². The minimum atomic E-state index is 0.719. The number of guanidine groups is 1. The molecule has 0 saturated carbocycles. The van der Waals surface area contributed by atoms with Crippen LogP contribution < -0.4 is 15.4 Å². The molecule has 7 heteroatoms. The number of aromatic amines is 1. The first-order valence-electron chi connectivity index (χ1n) is 10.6. The Morgan fingerprint density at radius 2 is 2.00 bits per heavy atom. The van der Waals surface area contributed by atoms with Gasteiger partial charge in [0, 0.05) is 56.4 Å². The van der Waals surface area contributed by atoms with Gasteiger partial charge in [-0.3, -0.25) is 4.99 Å². The molecule has 0 aliphatic carbocycles. The lowest BCUT2D eigenvalue weighted by Crippen LogP contribution is -2.39. The van der Waals surface area contributed by atoms with Crippen molar-refractivity contribution < 1.29 is 13.9 Å². The number of rotatable bonds is 12. The molecular formula is C23H32N4O3. The minimum absolute atomic E-state index is 0.719. The molecule has 0 aliphatic rings. The third-order valence-electron chi connectivity index (χ3n) is 4.82. The normalized spacial score (nSPS) is 11.7. The summed E-state index contributed by atoms with van der Waals surface area (Å²) >= 11 is 0. The molecule has 0 atom stereocenters. The summed E-state index contributed by atoms with van der Waals surface area (Å²) in [4.78, 5) is 8.01. The monoisotopic (exact) mass is 412 g/mol. The van der Waals surface area contributed by atoms with Crippen LogP contribution in [0.5, 0.6) is 5.75 Å². The third-order valence-corrected chi connectivity index (χ3v) is 4.82. The highest BCUT2D eigenvalue weighted by Crippen LogP contribution is 2.28. The van der Waals surface area contributed by atoms with E-state index in [0.29, 0.717) is 0 Å². The Labute approximate surface area is 177 Å². The summed E-state index contributed by atoms with van der Waals surface area (Å²) in [6.07, 6.45) is 6.33. The molecule has 0 amide bonds. The van der Waals surface area contributed by atoms with Crippen molar-refractivity contribution in [3.63, 3.8) is 0 Å². The van der Waals surface area contributed by atoms with Gasteiger partial charge in [-0.15, -0.1) is 0 Å². The summed E-state index contributed by atoms with van der Waals surface area (Å²) in [6, 6.07) is 9.95. The fourth-order valence-corrected chi connectivity index (χ4v) is 3.34. The molecule has 0 fully saturated rings. The van der Waals surface area contributed by atoms with E-state index in [1.54, 1.807) is 13.4 Å². The second kappa shape index (κ2) is 11.9. The molecule has 30 heavy (non-hydrogen) atoms. The molecule has 7 nitrogen and oxygen atoms in total. The first kappa shape index (κ1) is 21.8. The first-order chi connectivity index (χ1) is 14.8. The Balaban J connectivity index is 1.54. The number of ether oxygens (including phenoxy) is 2. The molecule has 0 saturated heterocycles. The predicted molar refractivity (Wildman–Crippen MR) is 120 cm³/mol. The maximum absolute atomic E-state index is 5.53. The zero-order valence-corrected chi connectivity index (χ0v) is 17.9. The van der Waals surface area contributed by atoms with Gasteiger partial charge in [-0.2, -0.15) is 0 Å². The van der Waals surface area contributed by atoms with Crippen LogP contribution in [0.15, 0.2) is 52.2 Å². The average Bonchev–Trinajstić information content (AvgIpc) is 3.43. The molecule has 3 aromatic rings. The van der Waals surface area contributed by atoms with Crippen LogP contribution in [0.3, 0.4) is 0 Å². The largest absolute Gasteiger partial charge is 0.496 e.